The average Bonchev–Trinajstić information content (AvgIpc) is 3.44. The Balaban J connectivity index is 1.29. The van der Waals surface area contributed by atoms with Gasteiger partial charge in [0.25, 0.3) is 11.8 Å². The molecule has 6 nitrogen and oxygen atoms in total. The molecule has 154 valence electrons. The quantitative estimate of drug-likeness (QED) is 0.706. The number of H-pyrrole nitrogens is 1. The van der Waals surface area contributed by atoms with E-state index in [1.165, 1.54) is 5.39 Å². The molecule has 2 heterocycles. The van der Waals surface area contributed by atoms with Crippen molar-refractivity contribution in [3.63, 3.8) is 0 Å². The molecule has 1 saturated carbocycles. The maximum absolute atomic E-state index is 12.9. The number of aromatic nitrogens is 1. The standard InChI is InChI=1S/C24H25N3O3/c1-16-21(19-4-2-3-5-20(19)25-16)17-6-8-18(9-7-17)22(28)26-12-14-27(15-13-26)23(29)24(30)10-11-24/h2-9,25,30H,10-15H2,1H3. The van der Waals surface area contributed by atoms with Gasteiger partial charge < -0.3 is 19.9 Å². The largest absolute Gasteiger partial charge is 0.380 e. The zero-order valence-electron chi connectivity index (χ0n) is 17.0. The van der Waals surface area contributed by atoms with Crippen molar-refractivity contribution in [1.82, 2.24) is 14.8 Å². The molecule has 0 spiro atoms. The van der Waals surface area contributed by atoms with E-state index in [4.69, 9.17) is 0 Å². The summed E-state index contributed by atoms with van der Waals surface area (Å²) in [6, 6.07) is 16.0. The van der Waals surface area contributed by atoms with E-state index in [0.717, 1.165) is 22.3 Å². The van der Waals surface area contributed by atoms with Gasteiger partial charge in [-0.1, -0.05) is 30.3 Å². The monoisotopic (exact) mass is 403 g/mol. The van der Waals surface area contributed by atoms with Crippen molar-refractivity contribution in [2.75, 3.05) is 26.2 Å². The highest BCUT2D eigenvalue weighted by Crippen LogP contribution is 2.37. The number of amides is 2. The lowest BCUT2D eigenvalue weighted by Gasteiger charge is -2.35. The summed E-state index contributed by atoms with van der Waals surface area (Å²) in [5.74, 6) is -0.206. The fourth-order valence-corrected chi connectivity index (χ4v) is 4.35. The molecule has 1 aromatic heterocycles. The Bertz CT molecular complexity index is 1120. The normalized spacial score (nSPS) is 17.9. The van der Waals surface area contributed by atoms with Crippen LogP contribution in [0, 0.1) is 6.92 Å². The van der Waals surface area contributed by atoms with Crippen molar-refractivity contribution in [3.05, 3.63) is 59.8 Å². The number of carbonyl (C=O) groups excluding carboxylic acids is 2. The van der Waals surface area contributed by atoms with Crippen LogP contribution < -0.4 is 0 Å². The summed E-state index contributed by atoms with van der Waals surface area (Å²) in [6.07, 6.45) is 1.10. The number of aromatic amines is 1. The Labute approximate surface area is 175 Å². The number of benzene rings is 2. The summed E-state index contributed by atoms with van der Waals surface area (Å²) in [5.41, 5.74) is 3.96. The van der Waals surface area contributed by atoms with Crippen LogP contribution in [0.1, 0.15) is 28.9 Å². The molecule has 0 unspecified atom stereocenters. The topological polar surface area (TPSA) is 76.6 Å². The van der Waals surface area contributed by atoms with Gasteiger partial charge in [-0.05, 0) is 43.5 Å². The van der Waals surface area contributed by atoms with Crippen LogP contribution in [0.25, 0.3) is 22.0 Å². The molecule has 2 amide bonds. The van der Waals surface area contributed by atoms with Gasteiger partial charge in [-0.15, -0.1) is 0 Å². The van der Waals surface area contributed by atoms with Crippen LogP contribution >= 0.6 is 0 Å². The molecule has 2 aromatic carbocycles. The van der Waals surface area contributed by atoms with Crippen LogP contribution in [0.2, 0.25) is 0 Å². The van der Waals surface area contributed by atoms with Crippen molar-refractivity contribution in [2.24, 2.45) is 0 Å². The molecule has 0 bridgehead atoms. The first kappa shape index (κ1) is 18.9. The van der Waals surface area contributed by atoms with Crippen molar-refractivity contribution >= 4 is 22.7 Å². The summed E-state index contributed by atoms with van der Waals surface area (Å²) >= 11 is 0. The van der Waals surface area contributed by atoms with E-state index in [9.17, 15) is 14.7 Å². The number of hydrogen-bond donors (Lipinski definition) is 2. The maximum atomic E-state index is 12.9. The number of piperazine rings is 1. The average molecular weight is 403 g/mol. The van der Waals surface area contributed by atoms with Gasteiger partial charge in [0.2, 0.25) is 0 Å². The van der Waals surface area contributed by atoms with Gasteiger partial charge in [-0.3, -0.25) is 9.59 Å². The van der Waals surface area contributed by atoms with Gasteiger partial charge in [0.1, 0.15) is 5.60 Å². The molecule has 2 aliphatic rings. The molecule has 2 N–H and O–H groups in total. The molecule has 30 heavy (non-hydrogen) atoms. The minimum Gasteiger partial charge on any atom is -0.380 e. The van der Waals surface area contributed by atoms with Crippen LogP contribution in [-0.2, 0) is 4.79 Å². The first-order valence-corrected chi connectivity index (χ1v) is 10.4. The zero-order chi connectivity index (χ0) is 20.9. The summed E-state index contributed by atoms with van der Waals surface area (Å²) in [7, 11) is 0. The van der Waals surface area contributed by atoms with Crippen molar-refractivity contribution in [1.29, 1.82) is 0 Å². The Morgan fingerprint density at radius 2 is 1.57 bits per heavy atom. The van der Waals surface area contributed by atoms with Crippen LogP contribution in [0.15, 0.2) is 48.5 Å². The predicted octanol–water partition coefficient (Wildman–Crippen LogP) is 2.95. The minimum absolute atomic E-state index is 0.0190. The SMILES string of the molecule is Cc1[nH]c2ccccc2c1-c1ccc(C(=O)N2CCN(C(=O)C3(O)CC3)CC2)cc1. The number of nitrogens with zero attached hydrogens (tertiary/aromatic N) is 2. The third-order valence-corrected chi connectivity index (χ3v) is 6.29. The van der Waals surface area contributed by atoms with E-state index >= 15 is 0 Å². The van der Waals surface area contributed by atoms with Crippen LogP contribution in [0.5, 0.6) is 0 Å². The third kappa shape index (κ3) is 3.17. The highest BCUT2D eigenvalue weighted by molar-refractivity contribution is 5.99. The number of carbonyl (C=O) groups is 2. The van der Waals surface area contributed by atoms with E-state index in [1.54, 1.807) is 9.80 Å². The lowest BCUT2D eigenvalue weighted by Crippen LogP contribution is -2.53. The smallest absolute Gasteiger partial charge is 0.254 e. The van der Waals surface area contributed by atoms with Gasteiger partial charge in [-0.25, -0.2) is 0 Å². The van der Waals surface area contributed by atoms with Crippen molar-refractivity contribution in [2.45, 2.75) is 25.4 Å². The van der Waals surface area contributed by atoms with E-state index in [-0.39, 0.29) is 11.8 Å². The second-order valence-corrected chi connectivity index (χ2v) is 8.36. The molecule has 1 aliphatic carbocycles. The Morgan fingerprint density at radius 1 is 0.933 bits per heavy atom. The summed E-state index contributed by atoms with van der Waals surface area (Å²) in [5, 5.41) is 11.2. The summed E-state index contributed by atoms with van der Waals surface area (Å²) < 4.78 is 0. The van der Waals surface area contributed by atoms with Crippen LogP contribution in [-0.4, -0.2) is 63.5 Å². The highest BCUT2D eigenvalue weighted by atomic mass is 16.3. The Hall–Kier alpha value is -3.12. The van der Waals surface area contributed by atoms with Gasteiger partial charge in [0.15, 0.2) is 0 Å². The number of aryl methyl sites for hydroxylation is 1. The number of fused-ring (bicyclic) bond motifs is 1. The lowest BCUT2D eigenvalue weighted by atomic mass is 10.0. The highest BCUT2D eigenvalue weighted by Gasteiger charge is 2.50. The Morgan fingerprint density at radius 3 is 2.23 bits per heavy atom. The first-order chi connectivity index (χ1) is 14.5. The molecular weight excluding hydrogens is 378 g/mol. The number of rotatable bonds is 3. The van der Waals surface area contributed by atoms with E-state index < -0.39 is 5.60 Å². The second kappa shape index (κ2) is 6.99. The van der Waals surface area contributed by atoms with Crippen molar-refractivity contribution in [3.8, 4) is 11.1 Å². The zero-order valence-corrected chi connectivity index (χ0v) is 17.0. The fraction of sp³-hybridized carbons (Fsp3) is 0.333. The molecule has 2 fully saturated rings. The molecule has 0 radical (unpaired) electrons. The van der Waals surface area contributed by atoms with E-state index in [1.807, 2.05) is 36.4 Å². The Kier molecular flexibility index (Phi) is 4.40. The number of aliphatic hydroxyl groups is 1. The molecule has 1 saturated heterocycles. The van der Waals surface area contributed by atoms with Crippen molar-refractivity contribution < 1.29 is 14.7 Å². The second-order valence-electron chi connectivity index (χ2n) is 8.36. The first-order valence-electron chi connectivity index (χ1n) is 10.4. The van der Waals surface area contributed by atoms with Gasteiger partial charge in [0, 0.05) is 53.9 Å². The molecular formula is C24H25N3O3. The summed E-state index contributed by atoms with van der Waals surface area (Å²) in [4.78, 5) is 32.1. The maximum Gasteiger partial charge on any atom is 0.254 e. The molecule has 5 rings (SSSR count). The number of para-hydroxylation sites is 1. The van der Waals surface area contributed by atoms with E-state index in [2.05, 4.69) is 24.0 Å². The fourth-order valence-electron chi connectivity index (χ4n) is 4.35. The number of hydrogen-bond acceptors (Lipinski definition) is 3. The minimum atomic E-state index is -1.14. The summed E-state index contributed by atoms with van der Waals surface area (Å²) in [6.45, 7) is 3.99. The molecule has 3 aromatic rings. The third-order valence-electron chi connectivity index (χ3n) is 6.29. The number of nitrogens with one attached hydrogen (secondary N) is 1. The predicted molar refractivity (Wildman–Crippen MR) is 115 cm³/mol. The van der Waals surface area contributed by atoms with E-state index in [0.29, 0.717) is 44.6 Å². The van der Waals surface area contributed by atoms with Crippen LogP contribution in [0.3, 0.4) is 0 Å². The van der Waals surface area contributed by atoms with Crippen LogP contribution in [0.4, 0.5) is 0 Å². The molecule has 0 atom stereocenters. The lowest BCUT2D eigenvalue weighted by molar-refractivity contribution is -0.143. The molecule has 6 heteroatoms. The van der Waals surface area contributed by atoms with Gasteiger partial charge in [-0.2, -0.15) is 0 Å². The van der Waals surface area contributed by atoms with Gasteiger partial charge in [0.05, 0.1) is 0 Å². The van der Waals surface area contributed by atoms with Gasteiger partial charge >= 0.3 is 0 Å². The molecule has 1 aliphatic heterocycles.